The van der Waals surface area contributed by atoms with Crippen molar-refractivity contribution in [1.29, 1.82) is 0 Å². The van der Waals surface area contributed by atoms with E-state index in [1.807, 2.05) is 24.1 Å². The zero-order valence-corrected chi connectivity index (χ0v) is 13.1. The minimum Gasteiger partial charge on any atom is -0.382 e. The second-order valence-electron chi connectivity index (χ2n) is 6.30. The van der Waals surface area contributed by atoms with Gasteiger partial charge in [-0.2, -0.15) is 0 Å². The molecule has 1 aromatic rings. The number of benzene rings is 1. The van der Waals surface area contributed by atoms with Crippen molar-refractivity contribution in [2.75, 3.05) is 17.3 Å². The zero-order chi connectivity index (χ0) is 14.7. The first-order chi connectivity index (χ1) is 9.51. The minimum absolute atomic E-state index is 0.142. The maximum Gasteiger partial charge on any atom is 0.148 e. The molecule has 0 radical (unpaired) electrons. The molecule has 2 nitrogen and oxygen atoms in total. The number of halogens is 1. The molecule has 2 unspecified atom stereocenters. The maximum absolute atomic E-state index is 14.2. The molecular formula is C17H27FN2. The monoisotopic (exact) mass is 278 g/mol. The van der Waals surface area contributed by atoms with Crippen LogP contribution in [0.4, 0.5) is 15.8 Å². The highest BCUT2D eigenvalue weighted by Gasteiger charge is 2.23. The summed E-state index contributed by atoms with van der Waals surface area (Å²) in [5.41, 5.74) is 1.58. The first kappa shape index (κ1) is 15.1. The molecule has 1 aliphatic carbocycles. The summed E-state index contributed by atoms with van der Waals surface area (Å²) in [5, 5.41) is 3.48. The van der Waals surface area contributed by atoms with Crippen molar-refractivity contribution in [1.82, 2.24) is 0 Å². The number of hydrogen-bond acceptors (Lipinski definition) is 2. The van der Waals surface area contributed by atoms with Crippen LogP contribution in [0.1, 0.15) is 46.5 Å². The molecule has 0 amide bonds. The van der Waals surface area contributed by atoms with E-state index in [4.69, 9.17) is 0 Å². The smallest absolute Gasteiger partial charge is 0.148 e. The van der Waals surface area contributed by atoms with E-state index < -0.39 is 0 Å². The molecule has 112 valence electrons. The molecule has 0 bridgehead atoms. The van der Waals surface area contributed by atoms with Gasteiger partial charge in [-0.15, -0.1) is 0 Å². The lowest BCUT2D eigenvalue weighted by Crippen LogP contribution is -2.26. The quantitative estimate of drug-likeness (QED) is 0.842. The average Bonchev–Trinajstić information content (AvgIpc) is 2.85. The van der Waals surface area contributed by atoms with E-state index in [1.165, 1.54) is 25.7 Å². The highest BCUT2D eigenvalue weighted by Crippen LogP contribution is 2.31. The van der Waals surface area contributed by atoms with Gasteiger partial charge in [0.05, 0.1) is 5.69 Å². The van der Waals surface area contributed by atoms with Crippen LogP contribution >= 0.6 is 0 Å². The lowest BCUT2D eigenvalue weighted by molar-refractivity contribution is 0.525. The fourth-order valence-corrected chi connectivity index (χ4v) is 2.97. The van der Waals surface area contributed by atoms with Crippen LogP contribution in [0.5, 0.6) is 0 Å². The highest BCUT2D eigenvalue weighted by atomic mass is 19.1. The van der Waals surface area contributed by atoms with Gasteiger partial charge in [0, 0.05) is 24.8 Å². The third-order valence-electron chi connectivity index (χ3n) is 4.59. The minimum atomic E-state index is -0.142. The summed E-state index contributed by atoms with van der Waals surface area (Å²) in [6.45, 7) is 6.38. The van der Waals surface area contributed by atoms with E-state index in [2.05, 4.69) is 26.1 Å². The number of anilines is 2. The number of hydrogen-bond donors (Lipinski definition) is 1. The first-order valence-corrected chi connectivity index (χ1v) is 7.80. The molecule has 1 N–H and O–H groups in total. The van der Waals surface area contributed by atoms with Crippen LogP contribution in [0.25, 0.3) is 0 Å². The predicted octanol–water partition coefficient (Wildman–Crippen LogP) is 4.66. The molecular weight excluding hydrogens is 251 g/mol. The van der Waals surface area contributed by atoms with E-state index in [1.54, 1.807) is 6.07 Å². The number of nitrogens with zero attached hydrogens (tertiary/aromatic N) is 1. The summed E-state index contributed by atoms with van der Waals surface area (Å²) in [5.74, 6) is 0.694. The van der Waals surface area contributed by atoms with Crippen LogP contribution in [0, 0.1) is 11.7 Å². The van der Waals surface area contributed by atoms with Crippen molar-refractivity contribution in [2.45, 2.75) is 58.5 Å². The molecule has 1 aromatic carbocycles. The Balaban J connectivity index is 2.02. The molecule has 0 saturated heterocycles. The molecule has 20 heavy (non-hydrogen) atoms. The Bertz CT molecular complexity index is 445. The van der Waals surface area contributed by atoms with Gasteiger partial charge in [0.1, 0.15) is 5.82 Å². The third kappa shape index (κ3) is 3.44. The summed E-state index contributed by atoms with van der Waals surface area (Å²) in [6, 6.07) is 6.31. The fraction of sp³-hybridized carbons (Fsp3) is 0.647. The van der Waals surface area contributed by atoms with Gasteiger partial charge in [0.15, 0.2) is 0 Å². The number of nitrogens with one attached hydrogen (secondary N) is 1. The molecule has 1 fully saturated rings. The van der Waals surface area contributed by atoms with Crippen molar-refractivity contribution in [3.05, 3.63) is 24.0 Å². The molecule has 2 atom stereocenters. The summed E-state index contributed by atoms with van der Waals surface area (Å²) < 4.78 is 14.2. The Morgan fingerprint density at radius 3 is 2.65 bits per heavy atom. The van der Waals surface area contributed by atoms with Gasteiger partial charge in [-0.1, -0.05) is 13.3 Å². The molecule has 1 saturated carbocycles. The van der Waals surface area contributed by atoms with Gasteiger partial charge in [-0.25, -0.2) is 4.39 Å². The van der Waals surface area contributed by atoms with Crippen LogP contribution in [-0.4, -0.2) is 19.1 Å². The maximum atomic E-state index is 14.2. The molecule has 2 rings (SSSR count). The molecule has 1 aliphatic rings. The summed E-state index contributed by atoms with van der Waals surface area (Å²) in [6.07, 6.45) is 4.97. The zero-order valence-electron chi connectivity index (χ0n) is 13.1. The standard InChI is InChI=1S/C17H27FN2/c1-5-13-6-7-14(10-13)19-15-8-9-17(16(18)11-15)20(4)12(2)3/h8-9,11-14,19H,5-7,10H2,1-4H3. The Morgan fingerprint density at radius 1 is 1.35 bits per heavy atom. The first-order valence-electron chi connectivity index (χ1n) is 7.80. The van der Waals surface area contributed by atoms with Crippen molar-refractivity contribution >= 4 is 11.4 Å². The van der Waals surface area contributed by atoms with Crippen LogP contribution in [0.15, 0.2) is 18.2 Å². The molecule has 0 spiro atoms. The van der Waals surface area contributed by atoms with Crippen LogP contribution in [-0.2, 0) is 0 Å². The Morgan fingerprint density at radius 2 is 2.10 bits per heavy atom. The summed E-state index contributed by atoms with van der Waals surface area (Å²) >= 11 is 0. The van der Waals surface area contributed by atoms with Gasteiger partial charge >= 0.3 is 0 Å². The lowest BCUT2D eigenvalue weighted by atomic mass is 10.1. The van der Waals surface area contributed by atoms with E-state index in [0.29, 0.717) is 17.8 Å². The van der Waals surface area contributed by atoms with Gasteiger partial charge in [0.25, 0.3) is 0 Å². The van der Waals surface area contributed by atoms with Gasteiger partial charge in [-0.05, 0) is 57.2 Å². The summed E-state index contributed by atoms with van der Waals surface area (Å²) in [4.78, 5) is 1.96. The molecule has 0 aliphatic heterocycles. The van der Waals surface area contributed by atoms with Gasteiger partial charge < -0.3 is 10.2 Å². The van der Waals surface area contributed by atoms with Gasteiger partial charge in [-0.3, -0.25) is 0 Å². The Labute approximate surface area is 122 Å². The van der Waals surface area contributed by atoms with E-state index in [-0.39, 0.29) is 5.82 Å². The summed E-state index contributed by atoms with van der Waals surface area (Å²) in [7, 11) is 1.93. The third-order valence-corrected chi connectivity index (χ3v) is 4.59. The predicted molar refractivity (Wildman–Crippen MR) is 85.0 cm³/mol. The normalized spacial score (nSPS) is 22.3. The van der Waals surface area contributed by atoms with Crippen molar-refractivity contribution in [3.63, 3.8) is 0 Å². The van der Waals surface area contributed by atoms with E-state index in [0.717, 1.165) is 11.6 Å². The largest absolute Gasteiger partial charge is 0.382 e. The van der Waals surface area contributed by atoms with E-state index in [9.17, 15) is 4.39 Å². The SMILES string of the molecule is CCC1CCC(Nc2ccc(N(C)C(C)C)c(F)c2)C1. The van der Waals surface area contributed by atoms with Crippen LogP contribution in [0.3, 0.4) is 0 Å². The second-order valence-corrected chi connectivity index (χ2v) is 6.30. The van der Waals surface area contributed by atoms with Crippen molar-refractivity contribution in [2.24, 2.45) is 5.92 Å². The Kier molecular flexibility index (Phi) is 4.90. The number of rotatable bonds is 5. The van der Waals surface area contributed by atoms with Crippen LogP contribution < -0.4 is 10.2 Å². The van der Waals surface area contributed by atoms with Crippen molar-refractivity contribution in [3.8, 4) is 0 Å². The molecule has 3 heteroatoms. The topological polar surface area (TPSA) is 15.3 Å². The Hall–Kier alpha value is -1.25. The highest BCUT2D eigenvalue weighted by molar-refractivity contribution is 5.56. The van der Waals surface area contributed by atoms with E-state index >= 15 is 0 Å². The average molecular weight is 278 g/mol. The molecule has 0 heterocycles. The lowest BCUT2D eigenvalue weighted by Gasteiger charge is -2.25. The van der Waals surface area contributed by atoms with Crippen molar-refractivity contribution < 1.29 is 4.39 Å². The fourth-order valence-electron chi connectivity index (χ4n) is 2.97. The molecule has 0 aromatic heterocycles. The second kappa shape index (κ2) is 6.47. The van der Waals surface area contributed by atoms with Crippen LogP contribution in [0.2, 0.25) is 0 Å². The van der Waals surface area contributed by atoms with Gasteiger partial charge in [0.2, 0.25) is 0 Å².